The number of carbonyl (C=O) groups excluding carboxylic acids is 2. The smallest absolute Gasteiger partial charge is 0.264 e. The average molecular weight is 578 g/mol. The monoisotopic (exact) mass is 577 g/mol. The Morgan fingerprint density at radius 2 is 1.41 bits per heavy atom. The number of nitrogens with one attached hydrogen (secondary N) is 1. The Morgan fingerprint density at radius 3 is 1.95 bits per heavy atom. The fourth-order valence-electron chi connectivity index (χ4n) is 4.59. The molecule has 7 nitrogen and oxygen atoms in total. The van der Waals surface area contributed by atoms with Crippen molar-refractivity contribution in [1.29, 1.82) is 0 Å². The molecule has 220 valence electrons. The van der Waals surface area contributed by atoms with Crippen molar-refractivity contribution in [1.82, 2.24) is 10.2 Å². The molecule has 0 saturated heterocycles. The molecule has 0 aliphatic rings. The van der Waals surface area contributed by atoms with Crippen LogP contribution in [0.4, 0.5) is 5.69 Å². The molecule has 0 fully saturated rings. The van der Waals surface area contributed by atoms with Gasteiger partial charge in [0, 0.05) is 13.1 Å². The Balaban J connectivity index is 2.00. The minimum absolute atomic E-state index is 0.0956. The molecule has 1 N–H and O–H groups in total. The molecule has 0 aliphatic carbocycles. The normalized spacial score (nSPS) is 12.3. The van der Waals surface area contributed by atoms with E-state index >= 15 is 0 Å². The third kappa shape index (κ3) is 8.67. The van der Waals surface area contributed by atoms with Gasteiger partial charge in [0.1, 0.15) is 12.6 Å². The largest absolute Gasteiger partial charge is 0.354 e. The van der Waals surface area contributed by atoms with Crippen LogP contribution in [0, 0.1) is 5.92 Å². The first-order chi connectivity index (χ1) is 19.5. The van der Waals surface area contributed by atoms with E-state index in [9.17, 15) is 18.0 Å². The van der Waals surface area contributed by atoms with Crippen molar-refractivity contribution in [2.75, 3.05) is 23.9 Å². The predicted molar refractivity (Wildman–Crippen MR) is 165 cm³/mol. The van der Waals surface area contributed by atoms with Gasteiger partial charge in [-0.2, -0.15) is 0 Å². The van der Waals surface area contributed by atoms with Crippen LogP contribution in [0.25, 0.3) is 0 Å². The molecule has 3 aromatic rings. The lowest BCUT2D eigenvalue weighted by molar-refractivity contribution is -0.139. The van der Waals surface area contributed by atoms with Crippen molar-refractivity contribution >= 4 is 27.5 Å². The zero-order valence-corrected chi connectivity index (χ0v) is 25.6. The quantitative estimate of drug-likeness (QED) is 0.269. The van der Waals surface area contributed by atoms with Crippen LogP contribution in [-0.2, 0) is 26.0 Å². The van der Waals surface area contributed by atoms with Crippen molar-refractivity contribution < 1.29 is 18.0 Å². The summed E-state index contributed by atoms with van der Waals surface area (Å²) >= 11 is 0. The second-order valence-electron chi connectivity index (χ2n) is 11.0. The summed E-state index contributed by atoms with van der Waals surface area (Å²) in [4.78, 5) is 29.0. The fraction of sp³-hybridized carbons (Fsp3) is 0.394. The molecule has 2 amide bonds. The maximum Gasteiger partial charge on any atom is 0.264 e. The van der Waals surface area contributed by atoms with Gasteiger partial charge in [-0.05, 0) is 60.1 Å². The number of hydrogen-bond acceptors (Lipinski definition) is 4. The standard InChI is InChI=1S/C33H43N3O4S/c1-6-31(33(38)34-23-25(2)3)35(22-21-27-13-9-7-10-14-27)32(37)24-36(29-19-17-28(18-20-29)26(4)5)41(39,40)30-15-11-8-12-16-30/h7-20,25-26,31H,6,21-24H2,1-5H3,(H,34,38). The van der Waals surface area contributed by atoms with Crippen LogP contribution in [-0.4, -0.2) is 50.8 Å². The van der Waals surface area contributed by atoms with Crippen molar-refractivity contribution in [3.05, 3.63) is 96.1 Å². The number of amides is 2. The van der Waals surface area contributed by atoms with Gasteiger partial charge in [0.15, 0.2) is 0 Å². The van der Waals surface area contributed by atoms with Crippen molar-refractivity contribution in [2.45, 2.75) is 64.3 Å². The molecule has 1 unspecified atom stereocenters. The van der Waals surface area contributed by atoms with Crippen LogP contribution in [0.2, 0.25) is 0 Å². The van der Waals surface area contributed by atoms with Gasteiger partial charge in [0.2, 0.25) is 11.8 Å². The highest BCUT2D eigenvalue weighted by Crippen LogP contribution is 2.26. The predicted octanol–water partition coefficient (Wildman–Crippen LogP) is 5.63. The van der Waals surface area contributed by atoms with Crippen molar-refractivity contribution in [2.24, 2.45) is 5.92 Å². The minimum Gasteiger partial charge on any atom is -0.354 e. The Kier molecular flexibility index (Phi) is 11.5. The van der Waals surface area contributed by atoms with E-state index in [0.29, 0.717) is 25.1 Å². The summed E-state index contributed by atoms with van der Waals surface area (Å²) in [6, 6.07) is 24.4. The van der Waals surface area contributed by atoms with Gasteiger partial charge < -0.3 is 10.2 Å². The number of hydrogen-bond donors (Lipinski definition) is 1. The van der Waals surface area contributed by atoms with E-state index in [1.54, 1.807) is 35.2 Å². The van der Waals surface area contributed by atoms with Gasteiger partial charge in [-0.15, -0.1) is 0 Å². The van der Waals surface area contributed by atoms with Crippen LogP contribution >= 0.6 is 0 Å². The third-order valence-corrected chi connectivity index (χ3v) is 8.80. The minimum atomic E-state index is -4.07. The molecule has 0 spiro atoms. The molecule has 3 aromatic carbocycles. The van der Waals surface area contributed by atoms with Gasteiger partial charge in [0.25, 0.3) is 10.0 Å². The molecule has 0 aromatic heterocycles. The molecule has 0 aliphatic heterocycles. The lowest BCUT2D eigenvalue weighted by Crippen LogP contribution is -2.53. The lowest BCUT2D eigenvalue weighted by Gasteiger charge is -2.33. The number of anilines is 1. The Bertz CT molecular complexity index is 1360. The molecule has 3 rings (SSSR count). The summed E-state index contributed by atoms with van der Waals surface area (Å²) in [5, 5.41) is 2.96. The second kappa shape index (κ2) is 14.8. The molecular formula is C33H43N3O4S. The SMILES string of the molecule is CCC(C(=O)NCC(C)C)N(CCc1ccccc1)C(=O)CN(c1ccc(C(C)C)cc1)S(=O)(=O)c1ccccc1. The topological polar surface area (TPSA) is 86.8 Å². The highest BCUT2D eigenvalue weighted by atomic mass is 32.2. The highest BCUT2D eigenvalue weighted by molar-refractivity contribution is 7.92. The van der Waals surface area contributed by atoms with Crippen LogP contribution in [0.15, 0.2) is 89.8 Å². The first-order valence-corrected chi connectivity index (χ1v) is 15.8. The van der Waals surface area contributed by atoms with E-state index in [2.05, 4.69) is 19.2 Å². The molecule has 41 heavy (non-hydrogen) atoms. The zero-order valence-electron chi connectivity index (χ0n) is 24.8. The number of carbonyl (C=O) groups is 2. The number of rotatable bonds is 14. The first kappa shape index (κ1) is 31.9. The molecule has 0 radical (unpaired) electrons. The van der Waals surface area contributed by atoms with Gasteiger partial charge >= 0.3 is 0 Å². The first-order valence-electron chi connectivity index (χ1n) is 14.3. The maximum absolute atomic E-state index is 14.1. The average Bonchev–Trinajstić information content (AvgIpc) is 2.97. The second-order valence-corrected chi connectivity index (χ2v) is 12.8. The van der Waals surface area contributed by atoms with Gasteiger partial charge in [-0.25, -0.2) is 8.42 Å². The van der Waals surface area contributed by atoms with E-state index in [1.807, 2.05) is 63.2 Å². The molecule has 0 heterocycles. The van der Waals surface area contributed by atoms with E-state index in [-0.39, 0.29) is 29.2 Å². The number of sulfonamides is 1. The summed E-state index contributed by atoms with van der Waals surface area (Å²) in [6.07, 6.45) is 0.939. The Labute approximate surface area is 245 Å². The van der Waals surface area contributed by atoms with E-state index in [0.717, 1.165) is 15.4 Å². The fourth-order valence-corrected chi connectivity index (χ4v) is 6.03. The molecule has 8 heteroatoms. The van der Waals surface area contributed by atoms with Crippen LogP contribution < -0.4 is 9.62 Å². The van der Waals surface area contributed by atoms with E-state index in [4.69, 9.17) is 0 Å². The zero-order chi connectivity index (χ0) is 30.0. The third-order valence-electron chi connectivity index (χ3n) is 7.01. The lowest BCUT2D eigenvalue weighted by atomic mass is 10.0. The van der Waals surface area contributed by atoms with Crippen molar-refractivity contribution in [3.8, 4) is 0 Å². The Hall–Kier alpha value is -3.65. The molecule has 1 atom stereocenters. The number of nitrogens with zero attached hydrogens (tertiary/aromatic N) is 2. The molecular weight excluding hydrogens is 534 g/mol. The summed E-state index contributed by atoms with van der Waals surface area (Å²) in [5.74, 6) is -0.139. The van der Waals surface area contributed by atoms with Gasteiger partial charge in [-0.3, -0.25) is 13.9 Å². The summed E-state index contributed by atoms with van der Waals surface area (Å²) in [5.41, 5.74) is 2.49. The van der Waals surface area contributed by atoms with Crippen LogP contribution in [0.3, 0.4) is 0 Å². The number of benzene rings is 3. The van der Waals surface area contributed by atoms with E-state index < -0.39 is 28.5 Å². The maximum atomic E-state index is 14.1. The summed E-state index contributed by atoms with van der Waals surface area (Å²) < 4.78 is 29.0. The van der Waals surface area contributed by atoms with Gasteiger partial charge in [0.05, 0.1) is 10.6 Å². The van der Waals surface area contributed by atoms with E-state index in [1.165, 1.54) is 12.1 Å². The van der Waals surface area contributed by atoms with Crippen LogP contribution in [0.1, 0.15) is 58.1 Å². The van der Waals surface area contributed by atoms with Crippen molar-refractivity contribution in [3.63, 3.8) is 0 Å². The molecule has 0 saturated carbocycles. The van der Waals surface area contributed by atoms with Crippen LogP contribution in [0.5, 0.6) is 0 Å². The van der Waals surface area contributed by atoms with Gasteiger partial charge in [-0.1, -0.05) is 95.3 Å². The Morgan fingerprint density at radius 1 is 0.829 bits per heavy atom. The highest BCUT2D eigenvalue weighted by Gasteiger charge is 2.33. The molecule has 0 bridgehead atoms. The summed E-state index contributed by atoms with van der Waals surface area (Å²) in [7, 11) is -4.07. The summed E-state index contributed by atoms with van der Waals surface area (Å²) in [6.45, 7) is 10.4.